The van der Waals surface area contributed by atoms with Crippen molar-refractivity contribution in [1.82, 2.24) is 15.3 Å². The first-order chi connectivity index (χ1) is 9.15. The van der Waals surface area contributed by atoms with E-state index in [0.717, 1.165) is 22.5 Å². The molecule has 0 bridgehead atoms. The van der Waals surface area contributed by atoms with Crippen molar-refractivity contribution >= 4 is 5.97 Å². The van der Waals surface area contributed by atoms with Gasteiger partial charge in [0, 0.05) is 12.1 Å². The van der Waals surface area contributed by atoms with Gasteiger partial charge in [-0.15, -0.1) is 0 Å². The first-order valence-corrected chi connectivity index (χ1v) is 6.22. The topological polar surface area (TPSA) is 78.0 Å². The van der Waals surface area contributed by atoms with Crippen molar-refractivity contribution in [2.75, 3.05) is 0 Å². The average molecular weight is 257 g/mol. The number of carboxylic acid groups (broad SMARTS) is 1. The van der Waals surface area contributed by atoms with Gasteiger partial charge in [-0.25, -0.2) is 4.98 Å². The summed E-state index contributed by atoms with van der Waals surface area (Å²) in [5.41, 5.74) is 3.98. The third kappa shape index (κ3) is 2.13. The fourth-order valence-electron chi connectivity index (χ4n) is 2.55. The van der Waals surface area contributed by atoms with Gasteiger partial charge in [-0.3, -0.25) is 10.1 Å². The number of H-pyrrole nitrogens is 1. The number of imidazole rings is 1. The van der Waals surface area contributed by atoms with E-state index in [0.29, 0.717) is 6.42 Å². The number of aryl methyl sites for hydroxylation is 1. The molecule has 98 valence electrons. The number of hydrogen-bond donors (Lipinski definition) is 3. The summed E-state index contributed by atoms with van der Waals surface area (Å²) in [4.78, 5) is 18.6. The Morgan fingerprint density at radius 1 is 1.47 bits per heavy atom. The number of carbonyl (C=O) groups is 1. The highest BCUT2D eigenvalue weighted by molar-refractivity contribution is 5.74. The van der Waals surface area contributed by atoms with E-state index in [4.69, 9.17) is 0 Å². The molecule has 1 aliphatic heterocycles. The maximum absolute atomic E-state index is 11.2. The molecule has 5 nitrogen and oxygen atoms in total. The van der Waals surface area contributed by atoms with Gasteiger partial charge in [-0.1, -0.05) is 29.8 Å². The second-order valence-electron chi connectivity index (χ2n) is 4.88. The lowest BCUT2D eigenvalue weighted by atomic mass is 9.93. The highest BCUT2D eigenvalue weighted by Gasteiger charge is 2.32. The molecule has 2 atom stereocenters. The third-order valence-corrected chi connectivity index (χ3v) is 3.47. The van der Waals surface area contributed by atoms with E-state index in [9.17, 15) is 9.90 Å². The van der Waals surface area contributed by atoms with E-state index in [-0.39, 0.29) is 6.04 Å². The largest absolute Gasteiger partial charge is 0.480 e. The molecule has 1 aliphatic rings. The van der Waals surface area contributed by atoms with Crippen molar-refractivity contribution < 1.29 is 9.90 Å². The zero-order chi connectivity index (χ0) is 13.4. The summed E-state index contributed by atoms with van der Waals surface area (Å²) in [5.74, 6) is -0.835. The number of nitrogens with one attached hydrogen (secondary N) is 2. The second kappa shape index (κ2) is 4.51. The van der Waals surface area contributed by atoms with E-state index in [1.165, 1.54) is 0 Å². The SMILES string of the molecule is Cc1cccc(C2NC(C(=O)O)Cc3[nH]cnc32)c1. The number of carboxylic acids is 1. The number of benzene rings is 1. The van der Waals surface area contributed by atoms with Gasteiger partial charge in [0.2, 0.25) is 0 Å². The van der Waals surface area contributed by atoms with Crippen LogP contribution in [0.3, 0.4) is 0 Å². The summed E-state index contributed by atoms with van der Waals surface area (Å²) in [7, 11) is 0. The van der Waals surface area contributed by atoms with Crippen LogP contribution in [-0.2, 0) is 11.2 Å². The van der Waals surface area contributed by atoms with Crippen LogP contribution in [0.15, 0.2) is 30.6 Å². The summed E-state index contributed by atoms with van der Waals surface area (Å²) in [6.07, 6.45) is 2.06. The molecule has 5 heteroatoms. The van der Waals surface area contributed by atoms with Crippen LogP contribution in [-0.4, -0.2) is 27.1 Å². The van der Waals surface area contributed by atoms with Crippen molar-refractivity contribution in [1.29, 1.82) is 0 Å². The number of aromatic nitrogens is 2. The van der Waals surface area contributed by atoms with Gasteiger partial charge in [-0.05, 0) is 12.5 Å². The Balaban J connectivity index is 2.03. The Morgan fingerprint density at radius 2 is 2.32 bits per heavy atom. The highest BCUT2D eigenvalue weighted by Crippen LogP contribution is 2.28. The van der Waals surface area contributed by atoms with Crippen LogP contribution in [0.1, 0.15) is 28.6 Å². The Hall–Kier alpha value is -2.14. The smallest absolute Gasteiger partial charge is 0.321 e. The number of aromatic amines is 1. The van der Waals surface area contributed by atoms with Gasteiger partial charge in [0.15, 0.2) is 0 Å². The Labute approximate surface area is 110 Å². The normalized spacial score (nSPS) is 21.9. The van der Waals surface area contributed by atoms with Crippen LogP contribution in [0.5, 0.6) is 0 Å². The van der Waals surface area contributed by atoms with Crippen LogP contribution in [0.4, 0.5) is 0 Å². The molecule has 0 amide bonds. The van der Waals surface area contributed by atoms with Crippen LogP contribution in [0.2, 0.25) is 0 Å². The lowest BCUT2D eigenvalue weighted by Crippen LogP contribution is -2.45. The molecule has 19 heavy (non-hydrogen) atoms. The summed E-state index contributed by atoms with van der Waals surface area (Å²) < 4.78 is 0. The maximum atomic E-state index is 11.2. The van der Waals surface area contributed by atoms with Gasteiger partial charge in [-0.2, -0.15) is 0 Å². The van der Waals surface area contributed by atoms with Gasteiger partial charge in [0.25, 0.3) is 0 Å². The van der Waals surface area contributed by atoms with Gasteiger partial charge in [0.1, 0.15) is 6.04 Å². The first-order valence-electron chi connectivity index (χ1n) is 6.22. The fourth-order valence-corrected chi connectivity index (χ4v) is 2.55. The van der Waals surface area contributed by atoms with Gasteiger partial charge in [0.05, 0.1) is 18.1 Å². The van der Waals surface area contributed by atoms with Crippen molar-refractivity contribution in [3.63, 3.8) is 0 Å². The number of rotatable bonds is 2. The maximum Gasteiger partial charge on any atom is 0.321 e. The predicted octanol–water partition coefficient (Wildman–Crippen LogP) is 1.41. The fraction of sp³-hybridized carbons (Fsp3) is 0.286. The van der Waals surface area contributed by atoms with Crippen LogP contribution >= 0.6 is 0 Å². The van der Waals surface area contributed by atoms with Gasteiger partial charge < -0.3 is 10.1 Å². The molecular formula is C14H15N3O2. The number of aliphatic carboxylic acids is 1. The quantitative estimate of drug-likeness (QED) is 0.760. The van der Waals surface area contributed by atoms with Crippen LogP contribution < -0.4 is 5.32 Å². The lowest BCUT2D eigenvalue weighted by Gasteiger charge is -2.28. The van der Waals surface area contributed by atoms with Gasteiger partial charge >= 0.3 is 5.97 Å². The monoisotopic (exact) mass is 257 g/mol. The summed E-state index contributed by atoms with van der Waals surface area (Å²) in [6.45, 7) is 2.02. The molecule has 0 spiro atoms. The Morgan fingerprint density at radius 3 is 3.05 bits per heavy atom. The van der Waals surface area contributed by atoms with Crippen molar-refractivity contribution in [3.8, 4) is 0 Å². The highest BCUT2D eigenvalue weighted by atomic mass is 16.4. The summed E-state index contributed by atoms with van der Waals surface area (Å²) >= 11 is 0. The number of hydrogen-bond acceptors (Lipinski definition) is 3. The van der Waals surface area contributed by atoms with E-state index < -0.39 is 12.0 Å². The molecule has 0 fully saturated rings. The average Bonchev–Trinajstić information content (AvgIpc) is 2.85. The minimum absolute atomic E-state index is 0.170. The molecule has 3 rings (SSSR count). The molecule has 0 aliphatic carbocycles. The minimum Gasteiger partial charge on any atom is -0.480 e. The first kappa shape index (κ1) is 11.9. The second-order valence-corrected chi connectivity index (χ2v) is 4.88. The zero-order valence-corrected chi connectivity index (χ0v) is 10.6. The molecule has 0 radical (unpaired) electrons. The number of nitrogens with zero attached hydrogens (tertiary/aromatic N) is 1. The van der Waals surface area contributed by atoms with Crippen molar-refractivity contribution in [2.24, 2.45) is 0 Å². The predicted molar refractivity (Wildman–Crippen MR) is 69.9 cm³/mol. The molecule has 2 heterocycles. The van der Waals surface area contributed by atoms with Crippen molar-refractivity contribution in [2.45, 2.75) is 25.4 Å². The lowest BCUT2D eigenvalue weighted by molar-refractivity contribution is -0.139. The standard InChI is InChI=1S/C14H15N3O2/c1-8-3-2-4-9(5-8)12-13-10(15-7-16-13)6-11(17-12)14(18)19/h2-5,7,11-12,17H,6H2,1H3,(H,15,16)(H,18,19). The zero-order valence-electron chi connectivity index (χ0n) is 10.6. The molecule has 0 saturated carbocycles. The number of fused-ring (bicyclic) bond motifs is 1. The molecule has 0 saturated heterocycles. The molecule has 1 aromatic carbocycles. The van der Waals surface area contributed by atoms with Crippen molar-refractivity contribution in [3.05, 3.63) is 53.1 Å². The Bertz CT molecular complexity index is 621. The molecule has 3 N–H and O–H groups in total. The molecular weight excluding hydrogens is 242 g/mol. The Kier molecular flexibility index (Phi) is 2.83. The van der Waals surface area contributed by atoms with E-state index in [1.807, 2.05) is 25.1 Å². The summed E-state index contributed by atoms with van der Waals surface area (Å²) in [5, 5.41) is 12.4. The molecule has 1 aromatic heterocycles. The van der Waals surface area contributed by atoms with E-state index in [1.54, 1.807) is 6.33 Å². The summed E-state index contributed by atoms with van der Waals surface area (Å²) in [6, 6.07) is 7.29. The van der Waals surface area contributed by atoms with E-state index >= 15 is 0 Å². The van der Waals surface area contributed by atoms with Crippen LogP contribution in [0.25, 0.3) is 0 Å². The third-order valence-electron chi connectivity index (χ3n) is 3.47. The van der Waals surface area contributed by atoms with E-state index in [2.05, 4.69) is 21.4 Å². The molecule has 2 aromatic rings. The van der Waals surface area contributed by atoms with Crippen LogP contribution in [0, 0.1) is 6.92 Å². The molecule has 2 unspecified atom stereocenters. The minimum atomic E-state index is -0.835.